The second-order valence-electron chi connectivity index (χ2n) is 2.96. The monoisotopic (exact) mass is 168 g/mol. The fraction of sp³-hybridized carbons (Fsp3) is 0.556. The first-order chi connectivity index (χ1) is 5.83. The van der Waals surface area contributed by atoms with Crippen molar-refractivity contribution in [1.82, 2.24) is 4.90 Å². The third kappa shape index (κ3) is 3.07. The molecule has 0 atom stereocenters. The van der Waals surface area contributed by atoms with Gasteiger partial charge in [-0.2, -0.15) is 0 Å². The van der Waals surface area contributed by atoms with Crippen molar-refractivity contribution in [3.05, 3.63) is 24.2 Å². The second-order valence-corrected chi connectivity index (χ2v) is 2.96. The van der Waals surface area contributed by atoms with Crippen molar-refractivity contribution in [1.29, 1.82) is 0 Å². The van der Waals surface area contributed by atoms with Crippen LogP contribution in [0, 0.1) is 0 Å². The van der Waals surface area contributed by atoms with Crippen molar-refractivity contribution in [2.75, 3.05) is 20.1 Å². The van der Waals surface area contributed by atoms with Gasteiger partial charge in [0.15, 0.2) is 0 Å². The number of hydrogen-bond donors (Lipinski definition) is 1. The molecule has 0 fully saturated rings. The minimum Gasteiger partial charge on any atom is -0.468 e. The summed E-state index contributed by atoms with van der Waals surface area (Å²) in [6.45, 7) is 2.65. The minimum atomic E-state index is 0.752. The second kappa shape index (κ2) is 4.95. The van der Waals surface area contributed by atoms with E-state index in [1.165, 1.54) is 0 Å². The van der Waals surface area contributed by atoms with Crippen molar-refractivity contribution in [3.8, 4) is 0 Å². The van der Waals surface area contributed by atoms with Crippen LogP contribution in [0.15, 0.2) is 22.8 Å². The summed E-state index contributed by atoms with van der Waals surface area (Å²) in [4.78, 5) is 2.20. The maximum Gasteiger partial charge on any atom is 0.117 e. The summed E-state index contributed by atoms with van der Waals surface area (Å²) in [6, 6.07) is 3.89. The minimum absolute atomic E-state index is 0.752. The highest BCUT2D eigenvalue weighted by Crippen LogP contribution is 2.03. The molecule has 12 heavy (non-hydrogen) atoms. The van der Waals surface area contributed by atoms with Crippen LogP contribution in [0.3, 0.4) is 0 Å². The summed E-state index contributed by atoms with van der Waals surface area (Å²) in [5.74, 6) is 1.01. The van der Waals surface area contributed by atoms with E-state index in [2.05, 4.69) is 11.9 Å². The van der Waals surface area contributed by atoms with Gasteiger partial charge in [-0.3, -0.25) is 4.90 Å². The van der Waals surface area contributed by atoms with Gasteiger partial charge >= 0.3 is 0 Å². The quantitative estimate of drug-likeness (QED) is 0.715. The zero-order chi connectivity index (χ0) is 8.81. The van der Waals surface area contributed by atoms with E-state index in [0.29, 0.717) is 0 Å². The van der Waals surface area contributed by atoms with Gasteiger partial charge in [0, 0.05) is 0 Å². The molecule has 0 unspecified atom stereocenters. The number of nitrogens with two attached hydrogens (primary N) is 1. The predicted octanol–water partition coefficient (Wildman–Crippen LogP) is 1.06. The summed E-state index contributed by atoms with van der Waals surface area (Å²) in [6.07, 6.45) is 2.74. The summed E-state index contributed by atoms with van der Waals surface area (Å²) in [5.41, 5.74) is 5.40. The molecule has 0 saturated carbocycles. The van der Waals surface area contributed by atoms with Gasteiger partial charge in [-0.15, -0.1) is 0 Å². The molecule has 0 bridgehead atoms. The molecule has 0 aliphatic heterocycles. The number of nitrogens with zero attached hydrogens (tertiary/aromatic N) is 1. The van der Waals surface area contributed by atoms with Gasteiger partial charge in [0.2, 0.25) is 0 Å². The highest BCUT2D eigenvalue weighted by molar-refractivity contribution is 4.97. The first kappa shape index (κ1) is 9.29. The van der Waals surface area contributed by atoms with Crippen molar-refractivity contribution in [2.24, 2.45) is 5.73 Å². The Labute approximate surface area is 73.2 Å². The molecule has 1 aromatic rings. The molecule has 1 rings (SSSR count). The molecule has 3 heteroatoms. The van der Waals surface area contributed by atoms with Crippen molar-refractivity contribution >= 4 is 0 Å². The van der Waals surface area contributed by atoms with Crippen LogP contribution in [-0.4, -0.2) is 25.0 Å². The van der Waals surface area contributed by atoms with Gasteiger partial charge in [-0.25, -0.2) is 0 Å². The molecule has 0 aliphatic carbocycles. The molecular weight excluding hydrogens is 152 g/mol. The van der Waals surface area contributed by atoms with Crippen LogP contribution in [-0.2, 0) is 6.54 Å². The lowest BCUT2D eigenvalue weighted by molar-refractivity contribution is 0.293. The number of rotatable bonds is 5. The Kier molecular flexibility index (Phi) is 3.84. The highest BCUT2D eigenvalue weighted by atomic mass is 16.3. The maximum atomic E-state index is 5.40. The van der Waals surface area contributed by atoms with E-state index in [1.54, 1.807) is 6.26 Å². The molecular formula is C9H16N2O. The van der Waals surface area contributed by atoms with Crippen LogP contribution in [0.1, 0.15) is 12.2 Å². The summed E-state index contributed by atoms with van der Waals surface area (Å²) in [5, 5.41) is 0. The summed E-state index contributed by atoms with van der Waals surface area (Å²) >= 11 is 0. The van der Waals surface area contributed by atoms with Gasteiger partial charge < -0.3 is 10.2 Å². The van der Waals surface area contributed by atoms with E-state index in [9.17, 15) is 0 Å². The van der Waals surface area contributed by atoms with E-state index >= 15 is 0 Å². The summed E-state index contributed by atoms with van der Waals surface area (Å²) in [7, 11) is 2.07. The smallest absolute Gasteiger partial charge is 0.117 e. The van der Waals surface area contributed by atoms with Gasteiger partial charge in [0.05, 0.1) is 12.8 Å². The summed E-state index contributed by atoms with van der Waals surface area (Å²) < 4.78 is 5.21. The van der Waals surface area contributed by atoms with Crippen LogP contribution in [0.5, 0.6) is 0 Å². The third-order valence-electron chi connectivity index (χ3n) is 1.75. The van der Waals surface area contributed by atoms with Crippen molar-refractivity contribution < 1.29 is 4.42 Å². The standard InChI is InChI=1S/C9H16N2O/c1-11(6-3-5-10)8-9-4-2-7-12-9/h2,4,7H,3,5-6,8,10H2,1H3. The lowest BCUT2D eigenvalue weighted by Gasteiger charge is -2.13. The van der Waals surface area contributed by atoms with Crippen molar-refractivity contribution in [2.45, 2.75) is 13.0 Å². The largest absolute Gasteiger partial charge is 0.468 e. The normalized spacial score (nSPS) is 10.9. The first-order valence-corrected chi connectivity index (χ1v) is 4.24. The Morgan fingerprint density at radius 1 is 1.58 bits per heavy atom. The number of hydrogen-bond acceptors (Lipinski definition) is 3. The molecule has 1 heterocycles. The molecule has 0 amide bonds. The van der Waals surface area contributed by atoms with E-state index in [1.807, 2.05) is 12.1 Å². The van der Waals surface area contributed by atoms with Crippen LogP contribution >= 0.6 is 0 Å². The molecule has 0 spiro atoms. The van der Waals surface area contributed by atoms with Gasteiger partial charge in [-0.1, -0.05) is 0 Å². The Balaban J connectivity index is 2.22. The van der Waals surface area contributed by atoms with E-state index < -0.39 is 0 Å². The van der Waals surface area contributed by atoms with Crippen LogP contribution in [0.4, 0.5) is 0 Å². The number of furan rings is 1. The van der Waals surface area contributed by atoms with Gasteiger partial charge in [0.1, 0.15) is 5.76 Å². The molecule has 68 valence electrons. The highest BCUT2D eigenvalue weighted by Gasteiger charge is 2.00. The molecule has 0 saturated heterocycles. The Hall–Kier alpha value is -0.800. The first-order valence-electron chi connectivity index (χ1n) is 4.24. The van der Waals surface area contributed by atoms with Gasteiger partial charge in [-0.05, 0) is 38.7 Å². The molecule has 2 N–H and O–H groups in total. The average molecular weight is 168 g/mol. The lowest BCUT2D eigenvalue weighted by Crippen LogP contribution is -2.20. The third-order valence-corrected chi connectivity index (χ3v) is 1.75. The molecule has 0 aromatic carbocycles. The molecule has 0 radical (unpaired) electrons. The zero-order valence-corrected chi connectivity index (χ0v) is 7.49. The Bertz CT molecular complexity index is 196. The molecule has 1 aromatic heterocycles. The zero-order valence-electron chi connectivity index (χ0n) is 7.49. The predicted molar refractivity (Wildman–Crippen MR) is 48.7 cm³/mol. The fourth-order valence-electron chi connectivity index (χ4n) is 1.11. The van der Waals surface area contributed by atoms with Gasteiger partial charge in [0.25, 0.3) is 0 Å². The SMILES string of the molecule is CN(CCCN)Cc1ccco1. The van der Waals surface area contributed by atoms with Crippen LogP contribution in [0.25, 0.3) is 0 Å². The lowest BCUT2D eigenvalue weighted by atomic mass is 10.3. The van der Waals surface area contributed by atoms with E-state index in [-0.39, 0.29) is 0 Å². The fourth-order valence-corrected chi connectivity index (χ4v) is 1.11. The average Bonchev–Trinajstić information content (AvgIpc) is 2.53. The Morgan fingerprint density at radius 2 is 2.42 bits per heavy atom. The maximum absolute atomic E-state index is 5.40. The topological polar surface area (TPSA) is 42.4 Å². The van der Waals surface area contributed by atoms with E-state index in [4.69, 9.17) is 10.2 Å². The van der Waals surface area contributed by atoms with Crippen molar-refractivity contribution in [3.63, 3.8) is 0 Å². The van der Waals surface area contributed by atoms with E-state index in [0.717, 1.165) is 31.8 Å². The van der Waals surface area contributed by atoms with Crippen LogP contribution < -0.4 is 5.73 Å². The Morgan fingerprint density at radius 3 is 3.00 bits per heavy atom. The molecule has 0 aliphatic rings. The molecule has 3 nitrogen and oxygen atoms in total. The van der Waals surface area contributed by atoms with Crippen LogP contribution in [0.2, 0.25) is 0 Å².